The van der Waals surface area contributed by atoms with Gasteiger partial charge in [0, 0.05) is 42.4 Å². The number of fused-ring (bicyclic) bond motifs is 1. The van der Waals surface area contributed by atoms with Crippen LogP contribution in [0.15, 0.2) is 12.3 Å². The van der Waals surface area contributed by atoms with E-state index in [1.807, 2.05) is 17.2 Å². The van der Waals surface area contributed by atoms with Gasteiger partial charge in [0.1, 0.15) is 11.5 Å². The van der Waals surface area contributed by atoms with E-state index in [-0.39, 0.29) is 11.3 Å². The van der Waals surface area contributed by atoms with Gasteiger partial charge in [-0.1, -0.05) is 27.2 Å². The van der Waals surface area contributed by atoms with E-state index in [4.69, 9.17) is 4.98 Å². The topological polar surface area (TPSA) is 78.0 Å². The van der Waals surface area contributed by atoms with Crippen molar-refractivity contribution in [2.45, 2.75) is 64.5 Å². The molecule has 1 saturated heterocycles. The van der Waals surface area contributed by atoms with Gasteiger partial charge in [-0.25, -0.2) is 9.97 Å². The first kappa shape index (κ1) is 19.1. The molecule has 0 aromatic carbocycles. The van der Waals surface area contributed by atoms with Crippen molar-refractivity contribution in [3.05, 3.63) is 40.7 Å². The van der Waals surface area contributed by atoms with Crippen LogP contribution in [0.5, 0.6) is 0 Å². The third-order valence-electron chi connectivity index (χ3n) is 5.91. The molecule has 1 fully saturated rings. The highest BCUT2D eigenvalue weighted by atomic mass is 16.2. The molecule has 0 saturated carbocycles. The number of aromatic amines is 1. The van der Waals surface area contributed by atoms with Crippen LogP contribution in [0.2, 0.25) is 0 Å². The fourth-order valence-corrected chi connectivity index (χ4v) is 4.04. The van der Waals surface area contributed by atoms with Crippen LogP contribution in [-0.2, 0) is 18.4 Å². The van der Waals surface area contributed by atoms with Crippen molar-refractivity contribution < 1.29 is 4.79 Å². The summed E-state index contributed by atoms with van der Waals surface area (Å²) in [5.74, 6) is 0.899. The van der Waals surface area contributed by atoms with Crippen molar-refractivity contribution in [3.63, 3.8) is 0 Å². The minimum absolute atomic E-state index is 0.0338. The second-order valence-corrected chi connectivity index (χ2v) is 9.09. The summed E-state index contributed by atoms with van der Waals surface area (Å²) in [6.45, 7) is 8.63. The Balaban J connectivity index is 1.49. The molecule has 2 aliphatic rings. The lowest BCUT2D eigenvalue weighted by atomic mass is 9.92. The van der Waals surface area contributed by atoms with Crippen LogP contribution in [0, 0.1) is 0 Å². The van der Waals surface area contributed by atoms with Gasteiger partial charge in [-0.2, -0.15) is 5.10 Å². The number of hydrogen-bond donors (Lipinski definition) is 1. The molecular weight excluding hydrogens is 352 g/mol. The average Bonchev–Trinajstić information content (AvgIpc) is 3.18. The Morgan fingerprint density at radius 3 is 2.79 bits per heavy atom. The highest BCUT2D eigenvalue weighted by Gasteiger charge is 2.28. The maximum absolute atomic E-state index is 12.9. The van der Waals surface area contributed by atoms with Gasteiger partial charge in [0.25, 0.3) is 5.91 Å². The summed E-state index contributed by atoms with van der Waals surface area (Å²) in [6.07, 6.45) is 6.29. The number of carbonyl (C=O) groups excluding carboxylic acids is 1. The van der Waals surface area contributed by atoms with Crippen LogP contribution in [0.3, 0.4) is 0 Å². The highest BCUT2D eigenvalue weighted by molar-refractivity contribution is 5.92. The summed E-state index contributed by atoms with van der Waals surface area (Å²) in [4.78, 5) is 26.6. The number of hydrogen-bond acceptors (Lipinski definition) is 5. The van der Waals surface area contributed by atoms with E-state index in [2.05, 4.69) is 47.9 Å². The molecule has 0 aliphatic carbocycles. The molecule has 150 valence electrons. The van der Waals surface area contributed by atoms with E-state index >= 15 is 0 Å². The molecule has 4 rings (SSSR count). The van der Waals surface area contributed by atoms with Gasteiger partial charge in [-0.15, -0.1) is 0 Å². The second kappa shape index (κ2) is 7.28. The number of likely N-dealkylation sites (tertiary alicyclic amines) is 1. The molecular formula is C21H30N6O. The standard InChI is InChI=1S/C21H30N6O/c1-21(2,3)18-11-16(24-25-18)20(28)27-10-8-15-14(13-27)12-22-19(23-15)17-7-5-6-9-26(17)4/h11-12,17H,5-10,13H2,1-4H3,(H,24,25). The van der Waals surface area contributed by atoms with Gasteiger partial charge >= 0.3 is 0 Å². The SMILES string of the molecule is CN1CCCCC1c1ncc2c(n1)CCN(C(=O)c1cc(C(C)(C)C)[nH]n1)C2. The number of H-pyrrole nitrogens is 1. The van der Waals surface area contributed by atoms with Crippen LogP contribution < -0.4 is 0 Å². The smallest absolute Gasteiger partial charge is 0.274 e. The Morgan fingerprint density at radius 1 is 1.25 bits per heavy atom. The number of aromatic nitrogens is 4. The van der Waals surface area contributed by atoms with Gasteiger partial charge in [-0.05, 0) is 32.5 Å². The first-order valence-electron chi connectivity index (χ1n) is 10.2. The molecule has 2 aromatic heterocycles. The van der Waals surface area contributed by atoms with Crippen molar-refractivity contribution in [1.29, 1.82) is 0 Å². The zero-order valence-corrected chi connectivity index (χ0v) is 17.3. The van der Waals surface area contributed by atoms with E-state index in [0.29, 0.717) is 24.8 Å². The summed E-state index contributed by atoms with van der Waals surface area (Å²) in [6, 6.07) is 2.19. The van der Waals surface area contributed by atoms with E-state index in [1.165, 1.54) is 12.8 Å². The number of nitrogens with zero attached hydrogens (tertiary/aromatic N) is 5. The zero-order valence-electron chi connectivity index (χ0n) is 17.3. The number of amides is 1. The Morgan fingerprint density at radius 2 is 2.07 bits per heavy atom. The van der Waals surface area contributed by atoms with Crippen LogP contribution in [0.25, 0.3) is 0 Å². The van der Waals surface area contributed by atoms with Crippen molar-refractivity contribution in [2.24, 2.45) is 0 Å². The highest BCUT2D eigenvalue weighted by Crippen LogP contribution is 2.29. The molecule has 0 bridgehead atoms. The third-order valence-corrected chi connectivity index (χ3v) is 5.91. The fraction of sp³-hybridized carbons (Fsp3) is 0.619. The van der Waals surface area contributed by atoms with Crippen molar-refractivity contribution in [3.8, 4) is 0 Å². The zero-order chi connectivity index (χ0) is 19.9. The van der Waals surface area contributed by atoms with Crippen LogP contribution in [0.4, 0.5) is 0 Å². The number of carbonyl (C=O) groups is 1. The van der Waals surface area contributed by atoms with Gasteiger partial charge < -0.3 is 4.90 Å². The molecule has 0 radical (unpaired) electrons. The summed E-state index contributed by atoms with van der Waals surface area (Å²) in [5.41, 5.74) is 3.53. The van der Waals surface area contributed by atoms with Gasteiger partial charge in [0.2, 0.25) is 0 Å². The molecule has 28 heavy (non-hydrogen) atoms. The van der Waals surface area contributed by atoms with E-state index < -0.39 is 0 Å². The van der Waals surface area contributed by atoms with Gasteiger partial charge in [-0.3, -0.25) is 14.8 Å². The predicted octanol–water partition coefficient (Wildman–Crippen LogP) is 2.85. The molecule has 4 heterocycles. The summed E-state index contributed by atoms with van der Waals surface area (Å²) in [5, 5.41) is 7.25. The average molecular weight is 383 g/mol. The lowest BCUT2D eigenvalue weighted by Gasteiger charge is -2.32. The third kappa shape index (κ3) is 3.68. The molecule has 2 aromatic rings. The first-order valence-corrected chi connectivity index (χ1v) is 10.2. The lowest BCUT2D eigenvalue weighted by Crippen LogP contribution is -2.37. The molecule has 1 unspecified atom stereocenters. The Bertz CT molecular complexity index is 868. The van der Waals surface area contributed by atoms with E-state index in [9.17, 15) is 4.79 Å². The number of piperidine rings is 1. The van der Waals surface area contributed by atoms with E-state index in [1.54, 1.807) is 0 Å². The van der Waals surface area contributed by atoms with E-state index in [0.717, 1.165) is 42.2 Å². The maximum atomic E-state index is 12.9. The molecule has 1 amide bonds. The molecule has 0 spiro atoms. The Labute approximate surface area is 166 Å². The number of nitrogens with one attached hydrogen (secondary N) is 1. The summed E-state index contributed by atoms with van der Waals surface area (Å²) < 4.78 is 0. The quantitative estimate of drug-likeness (QED) is 0.864. The maximum Gasteiger partial charge on any atom is 0.274 e. The molecule has 1 atom stereocenters. The van der Waals surface area contributed by atoms with Gasteiger partial charge in [0.05, 0.1) is 11.7 Å². The van der Waals surface area contributed by atoms with Gasteiger partial charge in [0.15, 0.2) is 0 Å². The first-order chi connectivity index (χ1) is 13.3. The van der Waals surface area contributed by atoms with Crippen molar-refractivity contribution in [1.82, 2.24) is 30.0 Å². The lowest BCUT2D eigenvalue weighted by molar-refractivity contribution is 0.0726. The monoisotopic (exact) mass is 382 g/mol. The summed E-state index contributed by atoms with van der Waals surface area (Å²) >= 11 is 0. The molecule has 1 N–H and O–H groups in total. The van der Waals surface area contributed by atoms with Crippen LogP contribution in [0.1, 0.15) is 79.3 Å². The normalized spacial score (nSPS) is 20.9. The minimum atomic E-state index is -0.0590. The minimum Gasteiger partial charge on any atom is -0.332 e. The summed E-state index contributed by atoms with van der Waals surface area (Å²) in [7, 11) is 2.16. The largest absolute Gasteiger partial charge is 0.332 e. The van der Waals surface area contributed by atoms with Crippen LogP contribution >= 0.6 is 0 Å². The predicted molar refractivity (Wildman–Crippen MR) is 107 cm³/mol. The number of rotatable bonds is 2. The van der Waals surface area contributed by atoms with Crippen molar-refractivity contribution in [2.75, 3.05) is 20.1 Å². The second-order valence-electron chi connectivity index (χ2n) is 9.09. The Kier molecular flexibility index (Phi) is 4.95. The fourth-order valence-electron chi connectivity index (χ4n) is 4.04. The Hall–Kier alpha value is -2.28. The molecule has 2 aliphatic heterocycles. The van der Waals surface area contributed by atoms with Crippen LogP contribution in [-0.4, -0.2) is 56.0 Å². The van der Waals surface area contributed by atoms with Crippen molar-refractivity contribution >= 4 is 5.91 Å². The molecule has 7 heteroatoms. The molecule has 7 nitrogen and oxygen atoms in total.